The second-order valence-corrected chi connectivity index (χ2v) is 8.82. The van der Waals surface area contributed by atoms with Gasteiger partial charge in [0.15, 0.2) is 5.69 Å². The van der Waals surface area contributed by atoms with Crippen LogP contribution in [0.25, 0.3) is 0 Å². The Morgan fingerprint density at radius 1 is 0.824 bits per heavy atom. The van der Waals surface area contributed by atoms with Gasteiger partial charge in [0.2, 0.25) is 5.89 Å². The fourth-order valence-corrected chi connectivity index (χ4v) is 3.82. The first kappa shape index (κ1) is 23.5. The van der Waals surface area contributed by atoms with Crippen molar-refractivity contribution < 1.29 is 9.21 Å². The van der Waals surface area contributed by atoms with Gasteiger partial charge in [-0.25, -0.2) is 4.98 Å². The van der Waals surface area contributed by atoms with Gasteiger partial charge in [0.25, 0.3) is 5.91 Å². The lowest BCUT2D eigenvalue weighted by molar-refractivity contribution is 0.0945. The molecule has 5 nitrogen and oxygen atoms in total. The summed E-state index contributed by atoms with van der Waals surface area (Å²) in [5, 5.41) is 2.90. The Bertz CT molecular complexity index is 1170. The first-order valence-corrected chi connectivity index (χ1v) is 11.7. The van der Waals surface area contributed by atoms with Gasteiger partial charge in [0, 0.05) is 19.6 Å². The SMILES string of the molecule is CC(C)c1ccc(CN(Cc2ccccc2)Cc2nc(C(=O)NCc3ccccc3)co2)cc1. The van der Waals surface area contributed by atoms with E-state index >= 15 is 0 Å². The molecular formula is C29H31N3O2. The van der Waals surface area contributed by atoms with Crippen molar-refractivity contribution in [1.29, 1.82) is 0 Å². The summed E-state index contributed by atoms with van der Waals surface area (Å²) in [7, 11) is 0. The van der Waals surface area contributed by atoms with Crippen molar-refractivity contribution in [2.24, 2.45) is 0 Å². The van der Waals surface area contributed by atoms with Crippen LogP contribution in [0.1, 0.15) is 58.4 Å². The van der Waals surface area contributed by atoms with Crippen LogP contribution in [-0.2, 0) is 26.2 Å². The number of nitrogens with zero attached hydrogens (tertiary/aromatic N) is 2. The number of oxazole rings is 1. The molecule has 0 aliphatic carbocycles. The number of nitrogens with one attached hydrogen (secondary N) is 1. The molecule has 1 aromatic heterocycles. The first-order valence-electron chi connectivity index (χ1n) is 11.7. The normalized spacial score (nSPS) is 11.2. The molecule has 0 aliphatic rings. The molecule has 0 radical (unpaired) electrons. The van der Waals surface area contributed by atoms with Crippen molar-refractivity contribution >= 4 is 5.91 Å². The van der Waals surface area contributed by atoms with E-state index < -0.39 is 0 Å². The molecule has 1 N–H and O–H groups in total. The number of amides is 1. The number of hydrogen-bond acceptors (Lipinski definition) is 4. The summed E-state index contributed by atoms with van der Waals surface area (Å²) in [6, 6.07) is 28.9. The molecule has 0 atom stereocenters. The number of benzene rings is 3. The first-order chi connectivity index (χ1) is 16.6. The van der Waals surface area contributed by atoms with Crippen molar-refractivity contribution in [3.8, 4) is 0 Å². The fourth-order valence-electron chi connectivity index (χ4n) is 3.82. The van der Waals surface area contributed by atoms with Crippen molar-refractivity contribution in [3.63, 3.8) is 0 Å². The lowest BCUT2D eigenvalue weighted by Crippen LogP contribution is -2.24. The number of carbonyl (C=O) groups excluding carboxylic acids is 1. The van der Waals surface area contributed by atoms with Gasteiger partial charge < -0.3 is 9.73 Å². The van der Waals surface area contributed by atoms with E-state index in [1.165, 1.54) is 23.0 Å². The van der Waals surface area contributed by atoms with Gasteiger partial charge in [0.05, 0.1) is 6.54 Å². The minimum absolute atomic E-state index is 0.238. The van der Waals surface area contributed by atoms with Crippen LogP contribution < -0.4 is 5.32 Å². The molecule has 34 heavy (non-hydrogen) atoms. The van der Waals surface area contributed by atoms with Gasteiger partial charge in [-0.2, -0.15) is 0 Å². The third-order valence-corrected chi connectivity index (χ3v) is 5.74. The number of aromatic nitrogens is 1. The molecule has 0 unspecified atom stereocenters. The molecule has 0 fully saturated rings. The molecule has 0 spiro atoms. The summed E-state index contributed by atoms with van der Waals surface area (Å²) in [6.07, 6.45) is 1.44. The van der Waals surface area contributed by atoms with Crippen LogP contribution in [0.3, 0.4) is 0 Å². The van der Waals surface area contributed by atoms with Crippen molar-refractivity contribution in [2.75, 3.05) is 0 Å². The topological polar surface area (TPSA) is 58.4 Å². The molecule has 0 saturated carbocycles. The molecular weight excluding hydrogens is 422 g/mol. The average molecular weight is 454 g/mol. The molecule has 0 aliphatic heterocycles. The van der Waals surface area contributed by atoms with E-state index in [2.05, 4.69) is 65.4 Å². The highest BCUT2D eigenvalue weighted by Crippen LogP contribution is 2.18. The Morgan fingerprint density at radius 3 is 2.03 bits per heavy atom. The molecule has 0 saturated heterocycles. The maximum atomic E-state index is 12.5. The van der Waals surface area contributed by atoms with E-state index in [0.717, 1.165) is 18.7 Å². The van der Waals surface area contributed by atoms with Crippen LogP contribution >= 0.6 is 0 Å². The zero-order valence-corrected chi connectivity index (χ0v) is 19.8. The van der Waals surface area contributed by atoms with Gasteiger partial charge in [0.1, 0.15) is 6.26 Å². The van der Waals surface area contributed by atoms with Crippen LogP contribution in [0.5, 0.6) is 0 Å². The molecule has 1 amide bonds. The van der Waals surface area contributed by atoms with Crippen molar-refractivity contribution in [2.45, 2.75) is 45.9 Å². The summed E-state index contributed by atoms with van der Waals surface area (Å²) >= 11 is 0. The lowest BCUT2D eigenvalue weighted by Gasteiger charge is -2.21. The third kappa shape index (κ3) is 6.65. The maximum absolute atomic E-state index is 12.5. The number of rotatable bonds is 10. The number of hydrogen-bond donors (Lipinski definition) is 1. The Balaban J connectivity index is 1.43. The van der Waals surface area contributed by atoms with E-state index in [0.29, 0.717) is 30.6 Å². The molecule has 4 rings (SSSR count). The third-order valence-electron chi connectivity index (χ3n) is 5.74. The summed E-state index contributed by atoms with van der Waals surface area (Å²) in [5.41, 5.74) is 5.11. The molecule has 3 aromatic carbocycles. The predicted molar refractivity (Wildman–Crippen MR) is 134 cm³/mol. The Kier molecular flexibility index (Phi) is 7.89. The Labute approximate surface area is 201 Å². The van der Waals surface area contributed by atoms with Crippen LogP contribution in [-0.4, -0.2) is 15.8 Å². The van der Waals surface area contributed by atoms with Crippen molar-refractivity contribution in [1.82, 2.24) is 15.2 Å². The summed E-state index contributed by atoms with van der Waals surface area (Å²) in [5.74, 6) is 0.797. The van der Waals surface area contributed by atoms with Crippen LogP contribution in [0.4, 0.5) is 0 Å². The van der Waals surface area contributed by atoms with Gasteiger partial charge in [-0.05, 0) is 28.2 Å². The van der Waals surface area contributed by atoms with Crippen LogP contribution in [0, 0.1) is 0 Å². The zero-order chi connectivity index (χ0) is 23.8. The highest BCUT2D eigenvalue weighted by atomic mass is 16.3. The van der Waals surface area contributed by atoms with E-state index in [9.17, 15) is 4.79 Å². The van der Waals surface area contributed by atoms with E-state index in [-0.39, 0.29) is 5.91 Å². The van der Waals surface area contributed by atoms with Crippen LogP contribution in [0.2, 0.25) is 0 Å². The smallest absolute Gasteiger partial charge is 0.273 e. The largest absolute Gasteiger partial charge is 0.447 e. The summed E-state index contributed by atoms with van der Waals surface area (Å²) < 4.78 is 5.68. The predicted octanol–water partition coefficient (Wildman–Crippen LogP) is 5.93. The quantitative estimate of drug-likeness (QED) is 0.323. The Hall–Kier alpha value is -3.70. The minimum atomic E-state index is -0.238. The lowest BCUT2D eigenvalue weighted by atomic mass is 10.0. The molecule has 5 heteroatoms. The van der Waals surface area contributed by atoms with Crippen LogP contribution in [0.15, 0.2) is 95.6 Å². The molecule has 4 aromatic rings. The molecule has 174 valence electrons. The van der Waals surface area contributed by atoms with E-state index in [1.54, 1.807) is 0 Å². The second kappa shape index (κ2) is 11.4. The monoisotopic (exact) mass is 453 g/mol. The highest BCUT2D eigenvalue weighted by Gasteiger charge is 2.16. The van der Waals surface area contributed by atoms with Gasteiger partial charge in [-0.1, -0.05) is 98.8 Å². The standard InChI is InChI=1S/C29H31N3O2/c1-22(2)26-15-13-25(14-16-26)19-32(18-24-11-7-4-8-12-24)20-28-31-27(21-34-28)29(33)30-17-23-9-5-3-6-10-23/h3-16,21-22H,17-20H2,1-2H3,(H,30,33). The second-order valence-electron chi connectivity index (χ2n) is 8.82. The molecule has 0 bridgehead atoms. The zero-order valence-electron chi connectivity index (χ0n) is 19.8. The fraction of sp³-hybridized carbons (Fsp3) is 0.241. The van der Waals surface area contributed by atoms with Crippen molar-refractivity contribution in [3.05, 3.63) is 125 Å². The average Bonchev–Trinajstić information content (AvgIpc) is 3.33. The van der Waals surface area contributed by atoms with Gasteiger partial charge in [-0.3, -0.25) is 9.69 Å². The summed E-state index contributed by atoms with van der Waals surface area (Å²) in [4.78, 5) is 19.3. The maximum Gasteiger partial charge on any atom is 0.273 e. The molecule has 1 heterocycles. The summed E-state index contributed by atoms with van der Waals surface area (Å²) in [6.45, 7) is 6.87. The highest BCUT2D eigenvalue weighted by molar-refractivity contribution is 5.91. The van der Waals surface area contributed by atoms with E-state index in [4.69, 9.17) is 4.42 Å². The number of carbonyl (C=O) groups is 1. The minimum Gasteiger partial charge on any atom is -0.447 e. The van der Waals surface area contributed by atoms with Gasteiger partial charge in [-0.15, -0.1) is 0 Å². The van der Waals surface area contributed by atoms with E-state index in [1.807, 2.05) is 48.5 Å². The van der Waals surface area contributed by atoms with Gasteiger partial charge >= 0.3 is 0 Å². The Morgan fingerprint density at radius 2 is 1.41 bits per heavy atom.